The second-order valence-corrected chi connectivity index (χ2v) is 4.73. The minimum Gasteiger partial charge on any atom is -0.387 e. The summed E-state index contributed by atoms with van der Waals surface area (Å²) in [5, 5.41) is 6.87. The zero-order valence-corrected chi connectivity index (χ0v) is 8.01. The lowest BCUT2D eigenvalue weighted by Gasteiger charge is -2.02. The van der Waals surface area contributed by atoms with Crippen LogP contribution in [0.4, 0.5) is 4.39 Å². The summed E-state index contributed by atoms with van der Waals surface area (Å²) in [4.78, 5) is -0.0332. The second kappa shape index (κ2) is 3.75. The molecule has 0 saturated carbocycles. The van der Waals surface area contributed by atoms with Crippen molar-refractivity contribution in [1.82, 2.24) is 0 Å². The molecule has 0 aromatic heterocycles. The Bertz CT molecular complexity index is 439. The van der Waals surface area contributed by atoms with Crippen molar-refractivity contribution >= 4 is 15.7 Å². The van der Waals surface area contributed by atoms with E-state index in [1.165, 1.54) is 0 Å². The van der Waals surface area contributed by atoms with Gasteiger partial charge in [-0.2, -0.15) is 0 Å². The second-order valence-electron chi connectivity index (χ2n) is 2.74. The summed E-state index contributed by atoms with van der Waals surface area (Å²) >= 11 is 0. The van der Waals surface area contributed by atoms with Crippen molar-refractivity contribution in [2.24, 2.45) is 5.73 Å². The largest absolute Gasteiger partial charge is 0.387 e. The first-order chi connectivity index (χ1) is 6.42. The van der Waals surface area contributed by atoms with Crippen LogP contribution in [0.25, 0.3) is 0 Å². The molecule has 6 heteroatoms. The van der Waals surface area contributed by atoms with E-state index in [1.54, 1.807) is 0 Å². The highest BCUT2D eigenvalue weighted by Crippen LogP contribution is 2.11. The molecule has 0 fully saturated rings. The Balaban J connectivity index is 3.05. The molecule has 0 heterocycles. The van der Waals surface area contributed by atoms with Gasteiger partial charge in [-0.1, -0.05) is 0 Å². The molecule has 14 heavy (non-hydrogen) atoms. The molecule has 1 aromatic carbocycles. The number of benzene rings is 1. The standard InChI is InChI=1S/C8H9FN2O2S/c9-6-1-3-7(4-2-6)14(12,13)5-8(10)11/h1-4H,5H2,(H3,10,11). The third-order valence-corrected chi connectivity index (χ3v) is 3.20. The maximum Gasteiger partial charge on any atom is 0.185 e. The topological polar surface area (TPSA) is 84.0 Å². The minimum atomic E-state index is -3.59. The van der Waals surface area contributed by atoms with Gasteiger partial charge in [-0.3, -0.25) is 5.41 Å². The molecule has 1 rings (SSSR count). The molecule has 0 spiro atoms. The predicted octanol–water partition coefficient (Wildman–Crippen LogP) is 0.535. The number of hydrogen-bond acceptors (Lipinski definition) is 3. The molecule has 0 unspecified atom stereocenters. The quantitative estimate of drug-likeness (QED) is 0.439. The monoisotopic (exact) mass is 216 g/mol. The van der Waals surface area contributed by atoms with Crippen molar-refractivity contribution in [2.75, 3.05) is 5.75 Å². The summed E-state index contributed by atoms with van der Waals surface area (Å²) in [5.74, 6) is -1.49. The molecule has 0 aliphatic carbocycles. The lowest BCUT2D eigenvalue weighted by Crippen LogP contribution is -2.22. The number of nitrogens with one attached hydrogen (secondary N) is 1. The number of amidine groups is 1. The molecule has 3 N–H and O–H groups in total. The maximum absolute atomic E-state index is 12.5. The van der Waals surface area contributed by atoms with E-state index in [9.17, 15) is 12.8 Å². The van der Waals surface area contributed by atoms with Crippen molar-refractivity contribution in [1.29, 1.82) is 5.41 Å². The zero-order valence-electron chi connectivity index (χ0n) is 7.20. The van der Waals surface area contributed by atoms with Gasteiger partial charge in [-0.05, 0) is 24.3 Å². The summed E-state index contributed by atoms with van der Waals surface area (Å²) < 4.78 is 35.3. The van der Waals surface area contributed by atoms with E-state index >= 15 is 0 Å². The van der Waals surface area contributed by atoms with Crippen molar-refractivity contribution < 1.29 is 12.8 Å². The molecule has 1 aromatic rings. The maximum atomic E-state index is 12.5. The zero-order chi connectivity index (χ0) is 10.8. The molecular weight excluding hydrogens is 207 g/mol. The van der Waals surface area contributed by atoms with Crippen LogP contribution in [0.1, 0.15) is 0 Å². The highest BCUT2D eigenvalue weighted by Gasteiger charge is 2.15. The van der Waals surface area contributed by atoms with Gasteiger partial charge in [0.15, 0.2) is 9.84 Å². The van der Waals surface area contributed by atoms with Crippen LogP contribution in [-0.4, -0.2) is 20.0 Å². The van der Waals surface area contributed by atoms with Gasteiger partial charge in [0.05, 0.1) is 4.90 Å². The van der Waals surface area contributed by atoms with E-state index in [-0.39, 0.29) is 4.90 Å². The molecular formula is C8H9FN2O2S. The SMILES string of the molecule is N=C(N)CS(=O)(=O)c1ccc(F)cc1. The van der Waals surface area contributed by atoms with E-state index in [0.717, 1.165) is 24.3 Å². The highest BCUT2D eigenvalue weighted by molar-refractivity contribution is 7.92. The number of sulfone groups is 1. The fourth-order valence-electron chi connectivity index (χ4n) is 0.930. The van der Waals surface area contributed by atoms with Crippen molar-refractivity contribution in [2.45, 2.75) is 4.90 Å². The fourth-order valence-corrected chi connectivity index (χ4v) is 2.06. The van der Waals surface area contributed by atoms with Crippen LogP contribution >= 0.6 is 0 Å². The molecule has 76 valence electrons. The predicted molar refractivity (Wildman–Crippen MR) is 50.4 cm³/mol. The highest BCUT2D eigenvalue weighted by atomic mass is 32.2. The molecule has 0 amide bonds. The molecule has 0 radical (unpaired) electrons. The number of nitrogens with two attached hydrogens (primary N) is 1. The molecule has 0 atom stereocenters. The van der Waals surface area contributed by atoms with Crippen LogP contribution in [0, 0.1) is 11.2 Å². The summed E-state index contributed by atoms with van der Waals surface area (Å²) in [7, 11) is -3.59. The normalized spacial score (nSPS) is 11.2. The van der Waals surface area contributed by atoms with E-state index < -0.39 is 27.2 Å². The van der Waals surface area contributed by atoms with Crippen molar-refractivity contribution in [3.63, 3.8) is 0 Å². The minimum absolute atomic E-state index is 0.0332. The third kappa shape index (κ3) is 2.53. The van der Waals surface area contributed by atoms with Gasteiger partial charge in [-0.15, -0.1) is 0 Å². The Labute approximate surface area is 81.0 Å². The average Bonchev–Trinajstić information content (AvgIpc) is 2.02. The number of rotatable bonds is 3. The van der Waals surface area contributed by atoms with E-state index in [0.29, 0.717) is 0 Å². The Morgan fingerprint density at radius 1 is 1.36 bits per heavy atom. The van der Waals surface area contributed by atoms with Crippen LogP contribution in [0.15, 0.2) is 29.2 Å². The Kier molecular flexibility index (Phi) is 2.85. The van der Waals surface area contributed by atoms with Crippen molar-refractivity contribution in [3.05, 3.63) is 30.1 Å². The third-order valence-electron chi connectivity index (χ3n) is 1.52. The van der Waals surface area contributed by atoms with E-state index in [1.807, 2.05) is 0 Å². The first-order valence-electron chi connectivity index (χ1n) is 3.73. The lowest BCUT2D eigenvalue weighted by molar-refractivity contribution is 0.598. The Morgan fingerprint density at radius 2 is 1.86 bits per heavy atom. The van der Waals surface area contributed by atoms with Gasteiger partial charge >= 0.3 is 0 Å². The average molecular weight is 216 g/mol. The lowest BCUT2D eigenvalue weighted by atomic mass is 10.4. The summed E-state index contributed by atoms with van der Waals surface area (Å²) in [6.07, 6.45) is 0. The summed E-state index contributed by atoms with van der Waals surface area (Å²) in [6.45, 7) is 0. The number of hydrogen-bond donors (Lipinski definition) is 2. The van der Waals surface area contributed by atoms with E-state index in [2.05, 4.69) is 0 Å². The van der Waals surface area contributed by atoms with Crippen LogP contribution < -0.4 is 5.73 Å². The summed E-state index contributed by atoms with van der Waals surface area (Å²) in [5.41, 5.74) is 4.98. The summed E-state index contributed by atoms with van der Waals surface area (Å²) in [6, 6.07) is 4.39. The van der Waals surface area contributed by atoms with Crippen LogP contribution in [0.5, 0.6) is 0 Å². The van der Waals surface area contributed by atoms with Gasteiger partial charge in [0.2, 0.25) is 0 Å². The van der Waals surface area contributed by atoms with Crippen molar-refractivity contribution in [3.8, 4) is 0 Å². The smallest absolute Gasteiger partial charge is 0.185 e. The first-order valence-corrected chi connectivity index (χ1v) is 5.38. The Hall–Kier alpha value is -1.43. The molecule has 0 aliphatic rings. The Morgan fingerprint density at radius 3 is 2.29 bits per heavy atom. The van der Waals surface area contributed by atoms with Gasteiger partial charge < -0.3 is 5.73 Å². The van der Waals surface area contributed by atoms with Gasteiger partial charge in [0, 0.05) is 0 Å². The van der Waals surface area contributed by atoms with E-state index in [4.69, 9.17) is 11.1 Å². The van der Waals surface area contributed by atoms with Gasteiger partial charge in [-0.25, -0.2) is 12.8 Å². The first kappa shape index (κ1) is 10.6. The van der Waals surface area contributed by atoms with Gasteiger partial charge in [0.1, 0.15) is 17.4 Å². The molecule has 0 aliphatic heterocycles. The van der Waals surface area contributed by atoms with Crippen LogP contribution in [-0.2, 0) is 9.84 Å². The number of halogens is 1. The fraction of sp³-hybridized carbons (Fsp3) is 0.125. The molecule has 4 nitrogen and oxygen atoms in total. The van der Waals surface area contributed by atoms with Crippen LogP contribution in [0.2, 0.25) is 0 Å². The molecule has 0 bridgehead atoms. The molecule has 0 saturated heterocycles. The van der Waals surface area contributed by atoms with Crippen LogP contribution in [0.3, 0.4) is 0 Å². The van der Waals surface area contributed by atoms with Gasteiger partial charge in [0.25, 0.3) is 0 Å².